The fourth-order valence-electron chi connectivity index (χ4n) is 3.00. The molecule has 1 rings (SSSR count). The second-order valence-corrected chi connectivity index (χ2v) is 5.97. The van der Waals surface area contributed by atoms with E-state index in [1.165, 1.54) is 12.8 Å². The van der Waals surface area contributed by atoms with E-state index in [-0.39, 0.29) is 24.0 Å². The summed E-state index contributed by atoms with van der Waals surface area (Å²) in [7, 11) is 0. The van der Waals surface area contributed by atoms with Crippen molar-refractivity contribution in [3.63, 3.8) is 0 Å². The second kappa shape index (κ2) is 6.39. The van der Waals surface area contributed by atoms with E-state index in [1.54, 1.807) is 0 Å². The molecule has 3 heteroatoms. The summed E-state index contributed by atoms with van der Waals surface area (Å²) in [5.74, 6) is 0.775. The molecule has 1 aliphatic carbocycles. The van der Waals surface area contributed by atoms with Gasteiger partial charge in [0, 0.05) is 18.1 Å². The molecule has 0 aliphatic heterocycles. The third kappa shape index (κ3) is 3.98. The lowest BCUT2D eigenvalue weighted by Crippen LogP contribution is -2.44. The van der Waals surface area contributed by atoms with Gasteiger partial charge in [-0.15, -0.1) is 0 Å². The minimum atomic E-state index is -0.127. The highest BCUT2D eigenvalue weighted by Crippen LogP contribution is 2.43. The van der Waals surface area contributed by atoms with Gasteiger partial charge >= 0.3 is 0 Å². The summed E-state index contributed by atoms with van der Waals surface area (Å²) in [6.07, 6.45) is 6.04. The molecule has 1 amide bonds. The quantitative estimate of drug-likeness (QED) is 0.750. The van der Waals surface area contributed by atoms with Crippen molar-refractivity contribution in [1.82, 2.24) is 5.32 Å². The van der Waals surface area contributed by atoms with Crippen LogP contribution in [0.5, 0.6) is 0 Å². The predicted molar refractivity (Wildman–Crippen MR) is 69.7 cm³/mol. The number of hydrogen-bond acceptors (Lipinski definition) is 2. The van der Waals surface area contributed by atoms with Crippen LogP contribution in [0.2, 0.25) is 0 Å². The molecule has 100 valence electrons. The van der Waals surface area contributed by atoms with Crippen LogP contribution in [0, 0.1) is 11.3 Å². The number of aliphatic hydroxyl groups is 1. The number of carbonyl (C=O) groups excluding carboxylic acids is 1. The Hall–Kier alpha value is -0.570. The first kappa shape index (κ1) is 14.5. The van der Waals surface area contributed by atoms with Crippen LogP contribution in [0.1, 0.15) is 59.3 Å². The van der Waals surface area contributed by atoms with Crippen molar-refractivity contribution in [1.29, 1.82) is 0 Å². The van der Waals surface area contributed by atoms with Crippen LogP contribution in [0.4, 0.5) is 0 Å². The van der Waals surface area contributed by atoms with Gasteiger partial charge in [0.15, 0.2) is 0 Å². The first-order valence-electron chi connectivity index (χ1n) is 6.92. The first-order valence-corrected chi connectivity index (χ1v) is 6.92. The van der Waals surface area contributed by atoms with Gasteiger partial charge in [-0.1, -0.05) is 26.7 Å². The standard InChI is InChI=1S/C14H27NO2/c1-11(2)10-14(7-4-5-8-14)13(17)15-12(3)6-9-16/h11-12,16H,4-10H2,1-3H3,(H,15,17). The molecule has 0 radical (unpaired) electrons. The Morgan fingerprint density at radius 3 is 2.35 bits per heavy atom. The summed E-state index contributed by atoms with van der Waals surface area (Å²) in [5.41, 5.74) is -0.127. The molecule has 0 aromatic carbocycles. The highest BCUT2D eigenvalue weighted by molar-refractivity contribution is 5.83. The van der Waals surface area contributed by atoms with E-state index in [0.717, 1.165) is 19.3 Å². The molecule has 17 heavy (non-hydrogen) atoms. The van der Waals surface area contributed by atoms with Crippen molar-refractivity contribution < 1.29 is 9.90 Å². The normalized spacial score (nSPS) is 20.5. The van der Waals surface area contributed by atoms with Gasteiger partial charge < -0.3 is 10.4 Å². The Balaban J connectivity index is 2.60. The summed E-state index contributed by atoms with van der Waals surface area (Å²) in [6.45, 7) is 6.47. The van der Waals surface area contributed by atoms with Gasteiger partial charge in [0.25, 0.3) is 0 Å². The van der Waals surface area contributed by atoms with Crippen LogP contribution in [-0.2, 0) is 4.79 Å². The SMILES string of the molecule is CC(C)CC1(C(=O)NC(C)CCO)CCCC1. The maximum absolute atomic E-state index is 12.4. The molecule has 3 nitrogen and oxygen atoms in total. The van der Waals surface area contributed by atoms with Crippen molar-refractivity contribution in [2.45, 2.75) is 65.3 Å². The van der Waals surface area contributed by atoms with Gasteiger partial charge in [0.05, 0.1) is 0 Å². The predicted octanol–water partition coefficient (Wildman–Crippen LogP) is 2.48. The van der Waals surface area contributed by atoms with Crippen LogP contribution < -0.4 is 5.32 Å². The molecule has 0 aromatic rings. The Morgan fingerprint density at radius 2 is 1.88 bits per heavy atom. The molecule has 1 saturated carbocycles. The van der Waals surface area contributed by atoms with Crippen LogP contribution in [0.25, 0.3) is 0 Å². The number of rotatable bonds is 6. The maximum Gasteiger partial charge on any atom is 0.226 e. The highest BCUT2D eigenvalue weighted by atomic mass is 16.3. The fourth-order valence-corrected chi connectivity index (χ4v) is 3.00. The molecular formula is C14H27NO2. The molecule has 0 saturated heterocycles. The number of nitrogens with one attached hydrogen (secondary N) is 1. The first-order chi connectivity index (χ1) is 8.00. The number of hydrogen-bond donors (Lipinski definition) is 2. The monoisotopic (exact) mass is 241 g/mol. The highest BCUT2D eigenvalue weighted by Gasteiger charge is 2.41. The van der Waals surface area contributed by atoms with Crippen LogP contribution in [0.15, 0.2) is 0 Å². The van der Waals surface area contributed by atoms with Gasteiger partial charge in [-0.2, -0.15) is 0 Å². The Labute approximate surface area is 105 Å². The van der Waals surface area contributed by atoms with Gasteiger partial charge in [-0.3, -0.25) is 4.79 Å². The lowest BCUT2D eigenvalue weighted by atomic mass is 9.77. The summed E-state index contributed by atoms with van der Waals surface area (Å²) in [4.78, 5) is 12.4. The lowest BCUT2D eigenvalue weighted by molar-refractivity contribution is -0.132. The third-order valence-corrected chi connectivity index (χ3v) is 3.78. The van der Waals surface area contributed by atoms with E-state index in [9.17, 15) is 4.79 Å². The largest absolute Gasteiger partial charge is 0.396 e. The van der Waals surface area contributed by atoms with Crippen LogP contribution in [0.3, 0.4) is 0 Å². The average Bonchev–Trinajstić information content (AvgIpc) is 2.66. The van der Waals surface area contributed by atoms with E-state index in [0.29, 0.717) is 12.3 Å². The summed E-state index contributed by atoms with van der Waals surface area (Å²) < 4.78 is 0. The van der Waals surface area contributed by atoms with E-state index in [1.807, 2.05) is 6.92 Å². The van der Waals surface area contributed by atoms with Crippen molar-refractivity contribution in [3.05, 3.63) is 0 Å². The molecule has 0 heterocycles. The molecule has 1 aliphatic rings. The minimum Gasteiger partial charge on any atom is -0.396 e. The molecule has 0 spiro atoms. The van der Waals surface area contributed by atoms with Gasteiger partial charge in [-0.25, -0.2) is 0 Å². The third-order valence-electron chi connectivity index (χ3n) is 3.78. The summed E-state index contributed by atoms with van der Waals surface area (Å²) >= 11 is 0. The zero-order valence-corrected chi connectivity index (χ0v) is 11.5. The zero-order chi connectivity index (χ0) is 12.9. The number of carbonyl (C=O) groups is 1. The second-order valence-electron chi connectivity index (χ2n) is 5.97. The van der Waals surface area contributed by atoms with E-state index in [4.69, 9.17) is 5.11 Å². The van der Waals surface area contributed by atoms with Crippen molar-refractivity contribution in [2.24, 2.45) is 11.3 Å². The molecule has 1 atom stereocenters. The molecule has 1 fully saturated rings. The van der Waals surface area contributed by atoms with E-state index >= 15 is 0 Å². The summed E-state index contributed by atoms with van der Waals surface area (Å²) in [5, 5.41) is 11.9. The maximum atomic E-state index is 12.4. The van der Waals surface area contributed by atoms with Crippen molar-refractivity contribution in [3.8, 4) is 0 Å². The molecule has 0 aromatic heterocycles. The number of amides is 1. The molecular weight excluding hydrogens is 214 g/mol. The average molecular weight is 241 g/mol. The lowest BCUT2D eigenvalue weighted by Gasteiger charge is -2.31. The zero-order valence-electron chi connectivity index (χ0n) is 11.5. The van der Waals surface area contributed by atoms with Crippen molar-refractivity contribution >= 4 is 5.91 Å². The minimum absolute atomic E-state index is 0.0807. The van der Waals surface area contributed by atoms with Gasteiger partial charge in [0.2, 0.25) is 5.91 Å². The van der Waals surface area contributed by atoms with Gasteiger partial charge in [0.1, 0.15) is 0 Å². The Bertz CT molecular complexity index is 245. The van der Waals surface area contributed by atoms with E-state index < -0.39 is 0 Å². The van der Waals surface area contributed by atoms with E-state index in [2.05, 4.69) is 19.2 Å². The topological polar surface area (TPSA) is 49.3 Å². The fraction of sp³-hybridized carbons (Fsp3) is 0.929. The summed E-state index contributed by atoms with van der Waals surface area (Å²) in [6, 6.07) is 0.0807. The smallest absolute Gasteiger partial charge is 0.226 e. The molecule has 0 bridgehead atoms. The number of aliphatic hydroxyl groups excluding tert-OH is 1. The molecule has 2 N–H and O–H groups in total. The van der Waals surface area contributed by atoms with Crippen LogP contribution in [-0.4, -0.2) is 23.7 Å². The van der Waals surface area contributed by atoms with Crippen molar-refractivity contribution in [2.75, 3.05) is 6.61 Å². The Morgan fingerprint density at radius 1 is 1.29 bits per heavy atom. The van der Waals surface area contributed by atoms with Gasteiger partial charge in [-0.05, 0) is 38.5 Å². The molecule has 1 unspecified atom stereocenters. The Kier molecular flexibility index (Phi) is 5.44. The van der Waals surface area contributed by atoms with Crippen LogP contribution >= 0.6 is 0 Å².